The fraction of sp³-hybridized carbons (Fsp3) is 0.294. The zero-order valence-electron chi connectivity index (χ0n) is 12.4. The average molecular weight is 304 g/mol. The first-order valence-corrected chi connectivity index (χ1v) is 8.06. The number of hydrogen-bond donors (Lipinski definition) is 2. The maximum absolute atomic E-state index is 13.2. The minimum absolute atomic E-state index is 0.0230. The van der Waals surface area contributed by atoms with Gasteiger partial charge in [0.15, 0.2) is 0 Å². The Hall–Kier alpha value is -1.36. The lowest BCUT2D eigenvalue weighted by Gasteiger charge is -2.18. The first-order chi connectivity index (χ1) is 10.1. The molecule has 21 heavy (non-hydrogen) atoms. The van der Waals surface area contributed by atoms with E-state index in [-0.39, 0.29) is 11.9 Å². The number of hydrazine groups is 1. The smallest absolute Gasteiger partial charge is 0.123 e. The highest BCUT2D eigenvalue weighted by atomic mass is 32.2. The van der Waals surface area contributed by atoms with Crippen molar-refractivity contribution in [3.05, 3.63) is 65.0 Å². The van der Waals surface area contributed by atoms with Gasteiger partial charge in [-0.2, -0.15) is 0 Å². The van der Waals surface area contributed by atoms with Crippen molar-refractivity contribution in [3.63, 3.8) is 0 Å². The van der Waals surface area contributed by atoms with Crippen molar-refractivity contribution in [1.82, 2.24) is 5.43 Å². The molecule has 0 radical (unpaired) electrons. The average Bonchev–Trinajstić information content (AvgIpc) is 2.48. The standard InChI is InChI=1S/C17H21FN2S/c1-3-21-16-8-5-13(6-9-16)17(20-19)11-14-4-7-15(18)10-12(14)2/h4-10,17,20H,3,11,19H2,1-2H3. The molecule has 0 saturated heterocycles. The second-order valence-electron chi connectivity index (χ2n) is 5.00. The molecule has 4 heteroatoms. The maximum Gasteiger partial charge on any atom is 0.123 e. The summed E-state index contributed by atoms with van der Waals surface area (Å²) >= 11 is 1.82. The lowest BCUT2D eigenvalue weighted by atomic mass is 9.96. The minimum atomic E-state index is -0.200. The van der Waals surface area contributed by atoms with Gasteiger partial charge in [-0.05, 0) is 60.1 Å². The van der Waals surface area contributed by atoms with Crippen molar-refractivity contribution in [1.29, 1.82) is 0 Å². The molecule has 2 aromatic rings. The van der Waals surface area contributed by atoms with Crippen LogP contribution in [0.4, 0.5) is 4.39 Å². The summed E-state index contributed by atoms with van der Waals surface area (Å²) in [6.45, 7) is 4.06. The molecule has 0 heterocycles. The van der Waals surface area contributed by atoms with Crippen LogP contribution in [0, 0.1) is 12.7 Å². The highest BCUT2D eigenvalue weighted by Crippen LogP contribution is 2.24. The fourth-order valence-electron chi connectivity index (χ4n) is 2.34. The van der Waals surface area contributed by atoms with Gasteiger partial charge in [0.2, 0.25) is 0 Å². The Morgan fingerprint density at radius 3 is 2.48 bits per heavy atom. The Labute approximate surface area is 129 Å². The highest BCUT2D eigenvalue weighted by Gasteiger charge is 2.12. The molecule has 112 valence electrons. The van der Waals surface area contributed by atoms with Crippen LogP contribution in [0.1, 0.15) is 29.7 Å². The first kappa shape index (κ1) is 16.0. The number of benzene rings is 2. The second kappa shape index (κ2) is 7.59. The van der Waals surface area contributed by atoms with Gasteiger partial charge in [-0.1, -0.05) is 25.1 Å². The van der Waals surface area contributed by atoms with Gasteiger partial charge >= 0.3 is 0 Å². The number of rotatable bonds is 6. The SMILES string of the molecule is CCSc1ccc(C(Cc2ccc(F)cc2C)NN)cc1. The molecule has 1 unspecified atom stereocenters. The molecule has 0 bridgehead atoms. The molecule has 3 N–H and O–H groups in total. The molecule has 1 atom stereocenters. The van der Waals surface area contributed by atoms with Crippen LogP contribution in [-0.2, 0) is 6.42 Å². The van der Waals surface area contributed by atoms with Crippen LogP contribution in [0.3, 0.4) is 0 Å². The van der Waals surface area contributed by atoms with Crippen molar-refractivity contribution in [2.75, 3.05) is 5.75 Å². The monoisotopic (exact) mass is 304 g/mol. The van der Waals surface area contributed by atoms with E-state index in [0.717, 1.165) is 28.9 Å². The molecule has 0 aliphatic carbocycles. The number of thioether (sulfide) groups is 1. The van der Waals surface area contributed by atoms with E-state index >= 15 is 0 Å². The summed E-state index contributed by atoms with van der Waals surface area (Å²) in [5, 5.41) is 0. The highest BCUT2D eigenvalue weighted by molar-refractivity contribution is 7.99. The van der Waals surface area contributed by atoms with E-state index < -0.39 is 0 Å². The Morgan fingerprint density at radius 1 is 1.19 bits per heavy atom. The molecule has 0 fully saturated rings. The van der Waals surface area contributed by atoms with Gasteiger partial charge < -0.3 is 0 Å². The van der Waals surface area contributed by atoms with Crippen LogP contribution in [0.5, 0.6) is 0 Å². The third-order valence-electron chi connectivity index (χ3n) is 3.52. The van der Waals surface area contributed by atoms with Crippen molar-refractivity contribution in [2.45, 2.75) is 31.2 Å². The lowest BCUT2D eigenvalue weighted by Crippen LogP contribution is -2.29. The summed E-state index contributed by atoms with van der Waals surface area (Å²) in [5.41, 5.74) is 6.06. The number of nitrogens with two attached hydrogens (primary N) is 1. The Morgan fingerprint density at radius 2 is 1.90 bits per heavy atom. The number of halogens is 1. The van der Waals surface area contributed by atoms with Crippen LogP contribution in [-0.4, -0.2) is 5.75 Å². The van der Waals surface area contributed by atoms with Crippen molar-refractivity contribution in [2.24, 2.45) is 5.84 Å². The predicted octanol–water partition coefficient (Wildman–Crippen LogP) is 3.99. The third kappa shape index (κ3) is 4.30. The van der Waals surface area contributed by atoms with Crippen molar-refractivity contribution >= 4 is 11.8 Å². The zero-order chi connectivity index (χ0) is 15.2. The van der Waals surface area contributed by atoms with Gasteiger partial charge in [0, 0.05) is 10.9 Å². The largest absolute Gasteiger partial charge is 0.271 e. The van der Waals surface area contributed by atoms with E-state index in [1.807, 2.05) is 24.8 Å². The Balaban J connectivity index is 2.15. The summed E-state index contributed by atoms with van der Waals surface area (Å²) in [4.78, 5) is 1.26. The van der Waals surface area contributed by atoms with Gasteiger partial charge in [-0.25, -0.2) is 4.39 Å². The molecule has 2 aromatic carbocycles. The Bertz CT molecular complexity index is 584. The van der Waals surface area contributed by atoms with Gasteiger partial charge in [0.25, 0.3) is 0 Å². The van der Waals surface area contributed by atoms with Gasteiger partial charge in [-0.3, -0.25) is 11.3 Å². The van der Waals surface area contributed by atoms with E-state index in [9.17, 15) is 4.39 Å². The number of hydrogen-bond acceptors (Lipinski definition) is 3. The van der Waals surface area contributed by atoms with E-state index in [2.05, 4.69) is 36.6 Å². The molecule has 0 aliphatic heterocycles. The maximum atomic E-state index is 13.2. The Kier molecular flexibility index (Phi) is 5.79. The van der Waals surface area contributed by atoms with E-state index in [0.29, 0.717) is 0 Å². The van der Waals surface area contributed by atoms with E-state index in [1.54, 1.807) is 6.07 Å². The fourth-order valence-corrected chi connectivity index (χ4v) is 3.01. The lowest BCUT2D eigenvalue weighted by molar-refractivity contribution is 0.549. The van der Waals surface area contributed by atoms with E-state index in [1.165, 1.54) is 11.0 Å². The van der Waals surface area contributed by atoms with Crippen molar-refractivity contribution < 1.29 is 4.39 Å². The molecule has 0 saturated carbocycles. The van der Waals surface area contributed by atoms with Gasteiger partial charge in [0.1, 0.15) is 5.82 Å². The molecule has 2 nitrogen and oxygen atoms in total. The van der Waals surface area contributed by atoms with Crippen molar-refractivity contribution in [3.8, 4) is 0 Å². The van der Waals surface area contributed by atoms with Gasteiger partial charge in [0.05, 0.1) is 0 Å². The van der Waals surface area contributed by atoms with Crippen LogP contribution in [0.15, 0.2) is 47.4 Å². The second-order valence-corrected chi connectivity index (χ2v) is 6.33. The molecular weight excluding hydrogens is 283 g/mol. The molecule has 2 rings (SSSR count). The molecule has 0 amide bonds. The summed E-state index contributed by atoms with van der Waals surface area (Å²) in [6.07, 6.45) is 0.739. The summed E-state index contributed by atoms with van der Waals surface area (Å²) in [6, 6.07) is 13.3. The summed E-state index contributed by atoms with van der Waals surface area (Å²) in [7, 11) is 0. The molecule has 0 spiro atoms. The molecule has 0 aromatic heterocycles. The third-order valence-corrected chi connectivity index (χ3v) is 4.42. The van der Waals surface area contributed by atoms with Crippen LogP contribution in [0.25, 0.3) is 0 Å². The first-order valence-electron chi connectivity index (χ1n) is 7.08. The van der Waals surface area contributed by atoms with Gasteiger partial charge in [-0.15, -0.1) is 11.8 Å². The normalized spacial score (nSPS) is 12.4. The number of aryl methyl sites for hydroxylation is 1. The summed E-state index contributed by atoms with van der Waals surface area (Å²) < 4.78 is 13.2. The molecular formula is C17H21FN2S. The number of nitrogens with one attached hydrogen (secondary N) is 1. The topological polar surface area (TPSA) is 38.0 Å². The zero-order valence-corrected chi connectivity index (χ0v) is 13.2. The van der Waals surface area contributed by atoms with Crippen LogP contribution < -0.4 is 11.3 Å². The van der Waals surface area contributed by atoms with E-state index in [4.69, 9.17) is 5.84 Å². The minimum Gasteiger partial charge on any atom is -0.271 e. The summed E-state index contributed by atoms with van der Waals surface area (Å²) in [5.74, 6) is 6.56. The van der Waals surface area contributed by atoms with Crippen LogP contribution >= 0.6 is 11.8 Å². The molecule has 0 aliphatic rings. The quantitative estimate of drug-likeness (QED) is 0.481. The predicted molar refractivity (Wildman–Crippen MR) is 87.7 cm³/mol. The van der Waals surface area contributed by atoms with Crippen LogP contribution in [0.2, 0.25) is 0 Å².